The quantitative estimate of drug-likeness (QED) is 0.435. The second-order valence-electron chi connectivity index (χ2n) is 6.55. The van der Waals surface area contributed by atoms with Crippen molar-refractivity contribution in [2.45, 2.75) is 20.8 Å². The summed E-state index contributed by atoms with van der Waals surface area (Å²) >= 11 is 3.40. The van der Waals surface area contributed by atoms with Crippen LogP contribution in [-0.2, 0) is 0 Å². The molecule has 0 aliphatic rings. The van der Waals surface area contributed by atoms with E-state index in [-0.39, 0.29) is 17.6 Å². The van der Waals surface area contributed by atoms with E-state index in [4.69, 9.17) is 8.94 Å². The Morgan fingerprint density at radius 2 is 1.81 bits per heavy atom. The van der Waals surface area contributed by atoms with Crippen LogP contribution in [0.25, 0.3) is 22.2 Å². The molecule has 0 atom stereocenters. The highest BCUT2D eigenvalue weighted by Gasteiger charge is 2.20. The lowest BCUT2D eigenvalue weighted by Crippen LogP contribution is -2.11. The van der Waals surface area contributed by atoms with E-state index in [0.29, 0.717) is 11.3 Å². The van der Waals surface area contributed by atoms with Gasteiger partial charge in [0.1, 0.15) is 11.3 Å². The second kappa shape index (κ2) is 6.70. The van der Waals surface area contributed by atoms with Crippen LogP contribution in [0.15, 0.2) is 55.9 Å². The van der Waals surface area contributed by atoms with Crippen LogP contribution in [0, 0.1) is 20.8 Å². The van der Waals surface area contributed by atoms with Crippen LogP contribution < -0.4 is 5.32 Å². The molecule has 0 spiro atoms. The summed E-state index contributed by atoms with van der Waals surface area (Å²) in [5.74, 6) is 0.185. The molecule has 4 rings (SSSR count). The van der Waals surface area contributed by atoms with Crippen molar-refractivity contribution >= 4 is 38.7 Å². The largest absolute Gasteiger partial charge is 0.451 e. The van der Waals surface area contributed by atoms with E-state index >= 15 is 0 Å². The van der Waals surface area contributed by atoms with Crippen molar-refractivity contribution in [3.63, 3.8) is 0 Å². The first kappa shape index (κ1) is 17.5. The van der Waals surface area contributed by atoms with Gasteiger partial charge in [0.15, 0.2) is 5.76 Å². The van der Waals surface area contributed by atoms with E-state index in [9.17, 15) is 4.79 Å². The molecule has 0 saturated carbocycles. The molecule has 2 aromatic carbocycles. The van der Waals surface area contributed by atoms with E-state index in [1.54, 1.807) is 6.07 Å². The topological polar surface area (TPSA) is 68.3 Å². The Morgan fingerprint density at radius 3 is 2.56 bits per heavy atom. The first-order valence-corrected chi connectivity index (χ1v) is 9.26. The van der Waals surface area contributed by atoms with Gasteiger partial charge in [0.2, 0.25) is 5.88 Å². The smallest absolute Gasteiger partial charge is 0.294 e. The SMILES string of the molecule is Cc1cc(C)c2c(C)c(C(=O)Nc3cc(-c4ccc(Br)cc4)no3)oc2c1. The van der Waals surface area contributed by atoms with Crippen LogP contribution in [0.4, 0.5) is 5.88 Å². The highest BCUT2D eigenvalue weighted by atomic mass is 79.9. The van der Waals surface area contributed by atoms with Crippen molar-refractivity contribution in [2.24, 2.45) is 0 Å². The molecule has 1 amide bonds. The zero-order chi connectivity index (χ0) is 19.1. The number of furan rings is 1. The number of anilines is 1. The summed E-state index contributed by atoms with van der Waals surface area (Å²) in [4.78, 5) is 12.7. The van der Waals surface area contributed by atoms with Gasteiger partial charge in [-0.05, 0) is 50.1 Å². The number of carbonyl (C=O) groups is 1. The fourth-order valence-corrected chi connectivity index (χ4v) is 3.53. The predicted octanol–water partition coefficient (Wildman–Crippen LogP) is 6.03. The molecule has 0 fully saturated rings. The summed E-state index contributed by atoms with van der Waals surface area (Å²) in [5.41, 5.74) is 5.24. The number of fused-ring (bicyclic) bond motifs is 1. The lowest BCUT2D eigenvalue weighted by molar-refractivity contribution is 0.0994. The number of nitrogens with one attached hydrogen (secondary N) is 1. The Morgan fingerprint density at radius 1 is 1.07 bits per heavy atom. The summed E-state index contributed by atoms with van der Waals surface area (Å²) in [7, 11) is 0. The number of hydrogen-bond acceptors (Lipinski definition) is 4. The van der Waals surface area contributed by atoms with Gasteiger partial charge in [0.05, 0.1) is 0 Å². The van der Waals surface area contributed by atoms with Crippen molar-refractivity contribution < 1.29 is 13.7 Å². The third-order valence-electron chi connectivity index (χ3n) is 4.46. The molecule has 2 aromatic heterocycles. The average molecular weight is 425 g/mol. The Hall–Kier alpha value is -2.86. The summed E-state index contributed by atoms with van der Waals surface area (Å²) in [6.45, 7) is 5.90. The highest BCUT2D eigenvalue weighted by molar-refractivity contribution is 9.10. The van der Waals surface area contributed by atoms with Crippen LogP contribution >= 0.6 is 15.9 Å². The van der Waals surface area contributed by atoms with Crippen LogP contribution in [-0.4, -0.2) is 11.1 Å². The molecular formula is C21H17BrN2O3. The summed E-state index contributed by atoms with van der Waals surface area (Å²) in [5, 5.41) is 7.71. The van der Waals surface area contributed by atoms with Crippen LogP contribution in [0.3, 0.4) is 0 Å². The van der Waals surface area contributed by atoms with Crippen LogP contribution in [0.5, 0.6) is 0 Å². The van der Waals surface area contributed by atoms with Crippen molar-refractivity contribution in [3.8, 4) is 11.3 Å². The predicted molar refractivity (Wildman–Crippen MR) is 108 cm³/mol. The molecule has 0 unspecified atom stereocenters. The van der Waals surface area contributed by atoms with E-state index < -0.39 is 0 Å². The van der Waals surface area contributed by atoms with E-state index in [1.165, 1.54) is 0 Å². The Kier molecular flexibility index (Phi) is 4.36. The molecule has 0 radical (unpaired) electrons. The third kappa shape index (κ3) is 3.28. The average Bonchev–Trinajstić information content (AvgIpc) is 3.20. The number of halogens is 1. The molecule has 1 N–H and O–H groups in total. The van der Waals surface area contributed by atoms with Gasteiger partial charge in [0, 0.05) is 27.1 Å². The molecule has 0 aliphatic heterocycles. The second-order valence-corrected chi connectivity index (χ2v) is 7.46. The monoisotopic (exact) mass is 424 g/mol. The molecule has 27 heavy (non-hydrogen) atoms. The lowest BCUT2D eigenvalue weighted by atomic mass is 10.0. The maximum atomic E-state index is 12.7. The first-order chi connectivity index (χ1) is 12.9. The number of amides is 1. The molecule has 0 saturated heterocycles. The molecule has 0 aliphatic carbocycles. The maximum absolute atomic E-state index is 12.7. The summed E-state index contributed by atoms with van der Waals surface area (Å²) in [6, 6.07) is 13.4. The fourth-order valence-electron chi connectivity index (χ4n) is 3.27. The van der Waals surface area contributed by atoms with E-state index in [2.05, 4.69) is 32.5 Å². The van der Waals surface area contributed by atoms with Gasteiger partial charge in [-0.3, -0.25) is 10.1 Å². The van der Waals surface area contributed by atoms with Gasteiger partial charge in [-0.2, -0.15) is 0 Å². The minimum atomic E-state index is -0.362. The van der Waals surface area contributed by atoms with E-state index in [0.717, 1.165) is 32.1 Å². The van der Waals surface area contributed by atoms with Crippen molar-refractivity contribution in [2.75, 3.05) is 5.32 Å². The number of aromatic nitrogens is 1. The fraction of sp³-hybridized carbons (Fsp3) is 0.143. The standard InChI is InChI=1S/C21H17BrN2O3/c1-11-8-12(2)19-13(3)20(26-17(19)9-11)21(25)23-18-10-16(24-27-18)14-4-6-15(22)7-5-14/h4-10H,1-3H3,(H,23,25). The summed E-state index contributed by atoms with van der Waals surface area (Å²) < 4.78 is 12.1. The van der Waals surface area contributed by atoms with Gasteiger partial charge in [-0.15, -0.1) is 0 Å². The number of benzene rings is 2. The lowest BCUT2D eigenvalue weighted by Gasteiger charge is -1.99. The molecule has 5 nitrogen and oxygen atoms in total. The zero-order valence-electron chi connectivity index (χ0n) is 15.1. The highest BCUT2D eigenvalue weighted by Crippen LogP contribution is 2.30. The normalized spacial score (nSPS) is 11.1. The van der Waals surface area contributed by atoms with Crippen LogP contribution in [0.1, 0.15) is 27.2 Å². The Bertz CT molecular complexity index is 1160. The van der Waals surface area contributed by atoms with Gasteiger partial charge < -0.3 is 8.94 Å². The first-order valence-electron chi connectivity index (χ1n) is 8.47. The number of aryl methyl sites for hydroxylation is 3. The molecule has 4 aromatic rings. The van der Waals surface area contributed by atoms with Crippen molar-refractivity contribution in [1.82, 2.24) is 5.16 Å². The van der Waals surface area contributed by atoms with Crippen molar-refractivity contribution in [1.29, 1.82) is 0 Å². The Labute approximate surface area is 164 Å². The number of hydrogen-bond donors (Lipinski definition) is 1. The van der Waals surface area contributed by atoms with Gasteiger partial charge in [-0.25, -0.2) is 0 Å². The molecular weight excluding hydrogens is 408 g/mol. The molecule has 136 valence electrons. The number of rotatable bonds is 3. The molecule has 6 heteroatoms. The maximum Gasteiger partial charge on any atom is 0.294 e. The third-order valence-corrected chi connectivity index (χ3v) is 4.99. The zero-order valence-corrected chi connectivity index (χ0v) is 16.7. The minimum Gasteiger partial charge on any atom is -0.451 e. The van der Waals surface area contributed by atoms with Crippen molar-refractivity contribution in [3.05, 3.63) is 69.4 Å². The Balaban J connectivity index is 1.61. The molecule has 2 heterocycles. The summed E-state index contributed by atoms with van der Waals surface area (Å²) in [6.07, 6.45) is 0. The van der Waals surface area contributed by atoms with Gasteiger partial charge in [-0.1, -0.05) is 39.3 Å². The van der Waals surface area contributed by atoms with Gasteiger partial charge in [0.25, 0.3) is 5.91 Å². The number of carbonyl (C=O) groups excluding carboxylic acids is 1. The minimum absolute atomic E-state index is 0.269. The molecule has 0 bridgehead atoms. The van der Waals surface area contributed by atoms with E-state index in [1.807, 2.05) is 51.1 Å². The number of nitrogens with zero attached hydrogens (tertiary/aromatic N) is 1. The van der Waals surface area contributed by atoms with Crippen LogP contribution in [0.2, 0.25) is 0 Å². The van der Waals surface area contributed by atoms with Gasteiger partial charge >= 0.3 is 0 Å².